The van der Waals surface area contributed by atoms with Gasteiger partial charge >= 0.3 is 0 Å². The van der Waals surface area contributed by atoms with Crippen LogP contribution in [0.3, 0.4) is 0 Å². The molecule has 6 heterocycles. The number of fused-ring (bicyclic) bond motifs is 4. The monoisotopic (exact) mass is 655 g/mol. The lowest BCUT2D eigenvalue weighted by molar-refractivity contribution is 0.0471. The van der Waals surface area contributed by atoms with Crippen LogP contribution < -0.4 is 10.5 Å². The van der Waals surface area contributed by atoms with Gasteiger partial charge in [0.15, 0.2) is 5.82 Å². The van der Waals surface area contributed by atoms with Crippen molar-refractivity contribution in [2.45, 2.75) is 50.9 Å². The lowest BCUT2D eigenvalue weighted by Gasteiger charge is -2.39. The number of aromatic nitrogens is 5. The molecule has 2 bridgehead atoms. The molecule has 9 rings (SSSR count). The highest BCUT2D eigenvalue weighted by atomic mass is 16.5. The zero-order valence-corrected chi connectivity index (χ0v) is 27.3. The predicted octanol–water partition coefficient (Wildman–Crippen LogP) is 4.07. The van der Waals surface area contributed by atoms with Crippen LogP contribution in [0.25, 0.3) is 33.6 Å². The van der Waals surface area contributed by atoms with Crippen molar-refractivity contribution >= 4 is 33.9 Å². The van der Waals surface area contributed by atoms with E-state index in [9.17, 15) is 14.9 Å². The van der Waals surface area contributed by atoms with Gasteiger partial charge in [-0.25, -0.2) is 15.0 Å². The second-order valence-corrected chi connectivity index (χ2v) is 14.1. The normalized spacial score (nSPS) is 21.8. The smallest absolute Gasteiger partial charge is 0.254 e. The second-order valence-electron chi connectivity index (χ2n) is 14.1. The number of amides is 2. The predicted molar refractivity (Wildman–Crippen MR) is 182 cm³/mol. The highest BCUT2D eigenvalue weighted by Crippen LogP contribution is 2.41. The quantitative estimate of drug-likeness (QED) is 0.263. The number of carbonyl (C=O) groups excluding carboxylic acids is 2. The van der Waals surface area contributed by atoms with Gasteiger partial charge in [0, 0.05) is 79.6 Å². The number of ether oxygens (including phenoxy) is 1. The SMILES string of the molecule is COc1cc(C(=O)N2C[C@H]3CC[C@@H]2[C@@H]3N)cc2nc(-c3cc4cccnc4n3CC3CC3)n(CC3CN(C(=O)c4ccnc(C#N)c4)C3)c12. The number of nitriles is 1. The molecule has 248 valence electrons. The number of pyridine rings is 2. The Bertz CT molecular complexity index is 2190. The standard InChI is InChI=1S/C37H37N9O3/c1-49-31-14-26(37(48)45-20-25-6-7-29(45)32(25)39)12-28-33(31)46(19-22-16-43(17-22)36(47)24-8-10-40-27(11-24)15-38)35(42-28)30-13-23-3-2-9-41-34(23)44(30)18-21-4-5-21/h2-3,8-14,21-22,25,29,32H,4-7,16-20,39H2,1H3/t25-,29-,32-/m1/s1. The molecule has 4 aliphatic rings. The van der Waals surface area contributed by atoms with Crippen LogP contribution in [0.1, 0.15) is 52.1 Å². The fourth-order valence-electron chi connectivity index (χ4n) is 8.26. The van der Waals surface area contributed by atoms with Gasteiger partial charge in [-0.15, -0.1) is 0 Å². The van der Waals surface area contributed by atoms with Crippen molar-refractivity contribution < 1.29 is 14.3 Å². The van der Waals surface area contributed by atoms with E-state index in [0.717, 1.165) is 47.5 Å². The molecule has 2 amide bonds. The van der Waals surface area contributed by atoms with Crippen LogP contribution in [0.2, 0.25) is 0 Å². The molecule has 49 heavy (non-hydrogen) atoms. The number of nitrogens with two attached hydrogens (primary N) is 1. The van der Waals surface area contributed by atoms with Gasteiger partial charge in [-0.2, -0.15) is 5.26 Å². The molecule has 2 N–H and O–H groups in total. The summed E-state index contributed by atoms with van der Waals surface area (Å²) in [7, 11) is 1.63. The Morgan fingerprint density at radius 3 is 2.51 bits per heavy atom. The Labute approximate surface area is 283 Å². The number of rotatable bonds is 8. The van der Waals surface area contributed by atoms with Crippen LogP contribution in [-0.2, 0) is 13.1 Å². The first kappa shape index (κ1) is 29.8. The molecule has 0 unspecified atom stereocenters. The number of piperidine rings is 1. The Balaban J connectivity index is 1.11. The van der Waals surface area contributed by atoms with Gasteiger partial charge in [-0.1, -0.05) is 0 Å². The summed E-state index contributed by atoms with van der Waals surface area (Å²) in [5.74, 6) is 2.35. The molecule has 4 aromatic heterocycles. The van der Waals surface area contributed by atoms with E-state index in [1.165, 1.54) is 25.1 Å². The Morgan fingerprint density at radius 2 is 1.78 bits per heavy atom. The van der Waals surface area contributed by atoms with E-state index in [1.807, 2.05) is 35.4 Å². The van der Waals surface area contributed by atoms with E-state index in [1.54, 1.807) is 18.1 Å². The largest absolute Gasteiger partial charge is 0.494 e. The van der Waals surface area contributed by atoms with Gasteiger partial charge in [0.1, 0.15) is 28.7 Å². The number of nitrogens with zero attached hydrogens (tertiary/aromatic N) is 8. The molecule has 2 saturated carbocycles. The third kappa shape index (κ3) is 4.94. The number of imidazole rings is 1. The second kappa shape index (κ2) is 11.4. The first-order valence-corrected chi connectivity index (χ1v) is 17.1. The third-order valence-electron chi connectivity index (χ3n) is 11.0. The third-order valence-corrected chi connectivity index (χ3v) is 11.0. The minimum Gasteiger partial charge on any atom is -0.494 e. The molecule has 12 nitrogen and oxygen atoms in total. The van der Waals surface area contributed by atoms with Crippen molar-refractivity contribution in [3.8, 4) is 23.3 Å². The van der Waals surface area contributed by atoms with Crippen LogP contribution in [0.15, 0.2) is 54.9 Å². The van der Waals surface area contributed by atoms with E-state index in [4.69, 9.17) is 20.4 Å². The number of hydrogen-bond acceptors (Lipinski definition) is 8. The lowest BCUT2D eigenvalue weighted by Crippen LogP contribution is -2.51. The van der Waals surface area contributed by atoms with Crippen LogP contribution >= 0.6 is 0 Å². The number of methoxy groups -OCH3 is 1. The van der Waals surface area contributed by atoms with Crippen molar-refractivity contribution in [2.75, 3.05) is 26.7 Å². The maximum absolute atomic E-state index is 14.0. The summed E-state index contributed by atoms with van der Waals surface area (Å²) in [5, 5.41) is 10.3. The average molecular weight is 656 g/mol. The fourth-order valence-corrected chi connectivity index (χ4v) is 8.26. The minimum absolute atomic E-state index is 0.0308. The summed E-state index contributed by atoms with van der Waals surface area (Å²) in [4.78, 5) is 45.0. The Kier molecular flexibility index (Phi) is 6.95. The maximum Gasteiger partial charge on any atom is 0.254 e. The summed E-state index contributed by atoms with van der Waals surface area (Å²) < 4.78 is 10.5. The Morgan fingerprint density at radius 1 is 0.939 bits per heavy atom. The van der Waals surface area contributed by atoms with Crippen molar-refractivity contribution in [3.05, 3.63) is 71.7 Å². The van der Waals surface area contributed by atoms with E-state index < -0.39 is 0 Å². The summed E-state index contributed by atoms with van der Waals surface area (Å²) >= 11 is 0. The molecule has 0 spiro atoms. The lowest BCUT2D eigenvalue weighted by atomic mass is 9.98. The van der Waals surface area contributed by atoms with E-state index in [0.29, 0.717) is 60.4 Å². The highest BCUT2D eigenvalue weighted by molar-refractivity contribution is 6.00. The first-order valence-electron chi connectivity index (χ1n) is 17.1. The van der Waals surface area contributed by atoms with E-state index in [2.05, 4.69) is 26.3 Å². The highest BCUT2D eigenvalue weighted by Gasteiger charge is 2.47. The first-order chi connectivity index (χ1) is 23.9. The molecule has 4 fully saturated rings. The van der Waals surface area contributed by atoms with Gasteiger partial charge in [0.25, 0.3) is 11.8 Å². The van der Waals surface area contributed by atoms with Gasteiger partial charge in [-0.3, -0.25) is 9.59 Å². The zero-order valence-electron chi connectivity index (χ0n) is 27.3. The molecule has 1 aromatic carbocycles. The van der Waals surface area contributed by atoms with Gasteiger partial charge in [0.05, 0.1) is 18.3 Å². The van der Waals surface area contributed by atoms with E-state index >= 15 is 0 Å². The Hall–Kier alpha value is -5.28. The minimum atomic E-state index is -0.113. The summed E-state index contributed by atoms with van der Waals surface area (Å²) in [6.07, 6.45) is 7.74. The molecule has 3 atom stereocenters. The number of hydrogen-bond donors (Lipinski definition) is 1. The van der Waals surface area contributed by atoms with Crippen molar-refractivity contribution in [1.29, 1.82) is 5.26 Å². The molecule has 2 aliphatic carbocycles. The van der Waals surface area contributed by atoms with Crippen LogP contribution in [-0.4, -0.2) is 84.5 Å². The summed E-state index contributed by atoms with van der Waals surface area (Å²) in [5.41, 5.74) is 11.1. The summed E-state index contributed by atoms with van der Waals surface area (Å²) in [6, 6.07) is 15.2. The zero-order chi connectivity index (χ0) is 33.4. The van der Waals surface area contributed by atoms with Crippen molar-refractivity contribution in [3.63, 3.8) is 0 Å². The van der Waals surface area contributed by atoms with Gasteiger partial charge in [0.2, 0.25) is 0 Å². The van der Waals surface area contributed by atoms with Crippen LogP contribution in [0.4, 0.5) is 0 Å². The molecule has 2 aliphatic heterocycles. The van der Waals surface area contributed by atoms with Crippen LogP contribution in [0, 0.1) is 29.1 Å². The topological polar surface area (TPSA) is 148 Å². The molecule has 12 heteroatoms. The fraction of sp³-hybridized carbons (Fsp3) is 0.405. The number of likely N-dealkylation sites (tertiary alicyclic amines) is 2. The number of carbonyl (C=O) groups is 2. The summed E-state index contributed by atoms with van der Waals surface area (Å²) in [6.45, 7) is 3.27. The van der Waals surface area contributed by atoms with Crippen molar-refractivity contribution in [1.82, 2.24) is 33.9 Å². The van der Waals surface area contributed by atoms with E-state index in [-0.39, 0.29) is 35.5 Å². The van der Waals surface area contributed by atoms with Gasteiger partial charge < -0.3 is 29.4 Å². The molecular weight excluding hydrogens is 618 g/mol. The molecule has 5 aromatic rings. The van der Waals surface area contributed by atoms with Crippen LogP contribution in [0.5, 0.6) is 5.75 Å². The van der Waals surface area contributed by atoms with Crippen molar-refractivity contribution in [2.24, 2.45) is 23.5 Å². The number of benzene rings is 1. The van der Waals surface area contributed by atoms with Gasteiger partial charge in [-0.05, 0) is 80.0 Å². The molecule has 2 saturated heterocycles. The maximum atomic E-state index is 14.0. The molecular formula is C37H37N9O3. The average Bonchev–Trinajstić information content (AvgIpc) is 3.47. The molecule has 0 radical (unpaired) electrons.